The number of alkyl halides is 4. The zero-order valence-electron chi connectivity index (χ0n) is 20.0. The van der Waals surface area contributed by atoms with Crippen LogP contribution < -0.4 is 15.4 Å². The number of urea groups is 1. The van der Waals surface area contributed by atoms with Crippen LogP contribution in [0.2, 0.25) is 5.02 Å². The molecule has 1 aromatic heterocycles. The van der Waals surface area contributed by atoms with Crippen molar-refractivity contribution in [3.8, 4) is 5.75 Å². The fourth-order valence-corrected chi connectivity index (χ4v) is 5.11. The van der Waals surface area contributed by atoms with Crippen LogP contribution in [0.25, 0.3) is 0 Å². The van der Waals surface area contributed by atoms with Crippen molar-refractivity contribution >= 4 is 17.6 Å². The molecule has 2 amide bonds. The Morgan fingerprint density at radius 3 is 2.47 bits per heavy atom. The second-order valence-electron chi connectivity index (χ2n) is 9.40. The summed E-state index contributed by atoms with van der Waals surface area (Å²) in [6.07, 6.45) is -3.75. The third kappa shape index (κ3) is 5.42. The van der Waals surface area contributed by atoms with E-state index in [4.69, 9.17) is 11.6 Å². The van der Waals surface area contributed by atoms with E-state index in [9.17, 15) is 22.4 Å². The Kier molecular flexibility index (Phi) is 6.96. The van der Waals surface area contributed by atoms with Gasteiger partial charge in [0.25, 0.3) is 0 Å². The molecule has 2 heterocycles. The lowest BCUT2D eigenvalue weighted by atomic mass is 9.79. The first kappa shape index (κ1) is 26.2. The summed E-state index contributed by atoms with van der Waals surface area (Å²) in [7, 11) is 0. The minimum absolute atomic E-state index is 0.0282. The van der Waals surface area contributed by atoms with Crippen LogP contribution in [0.4, 0.5) is 22.4 Å². The van der Waals surface area contributed by atoms with Gasteiger partial charge in [-0.15, -0.1) is 8.78 Å². The summed E-state index contributed by atoms with van der Waals surface area (Å²) in [5.41, 5.74) is -1.17. The molecule has 5 rings (SSSR count). The van der Waals surface area contributed by atoms with Gasteiger partial charge in [-0.05, 0) is 48.2 Å². The topological polar surface area (TPSA) is 72.5 Å². The van der Waals surface area contributed by atoms with Crippen molar-refractivity contribution in [1.29, 1.82) is 0 Å². The zero-order valence-corrected chi connectivity index (χ0v) is 20.8. The van der Waals surface area contributed by atoms with Gasteiger partial charge in [-0.3, -0.25) is 4.98 Å². The molecule has 11 heteroatoms. The molecule has 1 aliphatic heterocycles. The third-order valence-corrected chi connectivity index (χ3v) is 6.98. The molecule has 0 unspecified atom stereocenters. The Labute approximate surface area is 221 Å². The van der Waals surface area contributed by atoms with E-state index in [1.54, 1.807) is 24.3 Å². The lowest BCUT2D eigenvalue weighted by molar-refractivity contribution is -0.461. The van der Waals surface area contributed by atoms with E-state index < -0.39 is 35.3 Å². The van der Waals surface area contributed by atoms with Gasteiger partial charge >= 0.3 is 18.4 Å². The highest BCUT2D eigenvalue weighted by Gasteiger charge is 2.55. The maximum atomic E-state index is 14.8. The standard InChI is InChI=1S/C27H24ClF4N3O3/c28-19-11-13-23(33-16-19)25(15-17-6-2-1-3-7-17,35-24(36)34-20-8-4-5-9-20)18-10-12-22-21(14-18)26(29,30)38-27(31,32)37-22/h1-3,6-7,10-14,16,20H,4-5,8-9,15H2,(H2,34,35,36)/t25-/m0/s1. The van der Waals surface area contributed by atoms with Crippen LogP contribution in [0.1, 0.15) is 48.1 Å². The molecular formula is C27H24ClF4N3O3. The van der Waals surface area contributed by atoms with Crippen molar-refractivity contribution in [3.05, 3.63) is 94.3 Å². The lowest BCUT2D eigenvalue weighted by Gasteiger charge is -2.37. The molecule has 0 spiro atoms. The molecule has 2 aliphatic rings. The van der Waals surface area contributed by atoms with Crippen molar-refractivity contribution in [2.24, 2.45) is 0 Å². The number of halogens is 5. The van der Waals surface area contributed by atoms with E-state index in [0.29, 0.717) is 10.7 Å². The Bertz CT molecular complexity index is 1300. The number of rotatable bonds is 6. The first-order chi connectivity index (χ1) is 18.1. The molecule has 1 aliphatic carbocycles. The van der Waals surface area contributed by atoms with E-state index in [1.807, 2.05) is 18.2 Å². The summed E-state index contributed by atoms with van der Waals surface area (Å²) < 4.78 is 64.8. The van der Waals surface area contributed by atoms with Crippen molar-refractivity contribution in [3.63, 3.8) is 0 Å². The maximum absolute atomic E-state index is 14.8. The van der Waals surface area contributed by atoms with Gasteiger partial charge < -0.3 is 15.4 Å². The Morgan fingerprint density at radius 2 is 1.79 bits per heavy atom. The molecule has 1 saturated carbocycles. The average Bonchev–Trinajstić information content (AvgIpc) is 3.36. The number of carbonyl (C=O) groups excluding carboxylic acids is 1. The summed E-state index contributed by atoms with van der Waals surface area (Å²) in [5, 5.41) is 6.27. The summed E-state index contributed by atoms with van der Waals surface area (Å²) in [4.78, 5) is 17.8. The SMILES string of the molecule is O=C(NC1CCCC1)N[C@@](Cc1ccccc1)(c1ccc2c(c1)C(F)(F)OC(F)(F)O2)c1ccc(Cl)cn1. The van der Waals surface area contributed by atoms with Crippen LogP contribution in [-0.4, -0.2) is 23.4 Å². The van der Waals surface area contributed by atoms with Gasteiger partial charge in [0.15, 0.2) is 0 Å². The van der Waals surface area contributed by atoms with E-state index in [0.717, 1.165) is 43.4 Å². The minimum atomic E-state index is -4.50. The van der Waals surface area contributed by atoms with Gasteiger partial charge in [-0.25, -0.2) is 9.53 Å². The molecule has 1 fully saturated rings. The fraction of sp³-hybridized carbons (Fsp3) is 0.333. The number of aromatic nitrogens is 1. The van der Waals surface area contributed by atoms with Crippen molar-refractivity contribution < 1.29 is 31.8 Å². The van der Waals surface area contributed by atoms with E-state index in [1.165, 1.54) is 12.3 Å². The second kappa shape index (κ2) is 10.1. The van der Waals surface area contributed by atoms with Crippen LogP contribution in [0, 0.1) is 0 Å². The predicted molar refractivity (Wildman–Crippen MR) is 131 cm³/mol. The highest BCUT2D eigenvalue weighted by atomic mass is 35.5. The van der Waals surface area contributed by atoms with Gasteiger partial charge in [0, 0.05) is 18.7 Å². The number of benzene rings is 2. The van der Waals surface area contributed by atoms with E-state index in [2.05, 4.69) is 25.1 Å². The summed E-state index contributed by atoms with van der Waals surface area (Å²) >= 11 is 6.08. The molecule has 6 nitrogen and oxygen atoms in total. The Balaban J connectivity index is 1.66. The number of nitrogens with zero attached hydrogens (tertiary/aromatic N) is 1. The fourth-order valence-electron chi connectivity index (χ4n) is 5.00. The monoisotopic (exact) mass is 549 g/mol. The first-order valence-electron chi connectivity index (χ1n) is 12.1. The number of nitrogens with one attached hydrogen (secondary N) is 2. The molecule has 1 atom stereocenters. The predicted octanol–water partition coefficient (Wildman–Crippen LogP) is 6.47. The Morgan fingerprint density at radius 1 is 1.05 bits per heavy atom. The smallest absolute Gasteiger partial charge is 0.409 e. The second-order valence-corrected chi connectivity index (χ2v) is 9.84. The molecular weight excluding hydrogens is 526 g/mol. The molecule has 0 bridgehead atoms. The molecule has 200 valence electrons. The summed E-state index contributed by atoms with van der Waals surface area (Å²) in [6.45, 7) is 0. The number of amides is 2. The first-order valence-corrected chi connectivity index (χ1v) is 12.5. The van der Waals surface area contributed by atoms with Crippen molar-refractivity contribution in [2.45, 2.75) is 56.1 Å². The van der Waals surface area contributed by atoms with Crippen LogP contribution in [-0.2, 0) is 22.8 Å². The van der Waals surface area contributed by atoms with Gasteiger partial charge in [0.2, 0.25) is 0 Å². The van der Waals surface area contributed by atoms with Crippen LogP contribution >= 0.6 is 11.6 Å². The number of pyridine rings is 1. The van der Waals surface area contributed by atoms with Crippen molar-refractivity contribution in [1.82, 2.24) is 15.6 Å². The number of carbonyl (C=O) groups is 1. The minimum Gasteiger partial charge on any atom is -0.409 e. The van der Waals surface area contributed by atoms with E-state index >= 15 is 0 Å². The molecule has 38 heavy (non-hydrogen) atoms. The number of fused-ring (bicyclic) bond motifs is 1. The summed E-state index contributed by atoms with van der Waals surface area (Å²) in [6, 6.07) is 15.0. The van der Waals surface area contributed by atoms with Crippen LogP contribution in [0.3, 0.4) is 0 Å². The largest absolute Gasteiger partial charge is 0.540 e. The summed E-state index contributed by atoms with van der Waals surface area (Å²) in [5.74, 6) is -0.733. The lowest BCUT2D eigenvalue weighted by Crippen LogP contribution is -2.54. The molecule has 0 radical (unpaired) electrons. The number of hydrogen-bond donors (Lipinski definition) is 2. The Hall–Kier alpha value is -3.37. The quantitative estimate of drug-likeness (QED) is 0.346. The van der Waals surface area contributed by atoms with Gasteiger partial charge in [-0.1, -0.05) is 60.8 Å². The molecule has 2 aromatic carbocycles. The molecule has 2 N–H and O–H groups in total. The average molecular weight is 550 g/mol. The maximum Gasteiger partial charge on any atom is 0.540 e. The van der Waals surface area contributed by atoms with Gasteiger partial charge in [-0.2, -0.15) is 8.78 Å². The van der Waals surface area contributed by atoms with Gasteiger partial charge in [0.1, 0.15) is 11.3 Å². The van der Waals surface area contributed by atoms with E-state index in [-0.39, 0.29) is 18.0 Å². The van der Waals surface area contributed by atoms with Crippen molar-refractivity contribution in [2.75, 3.05) is 0 Å². The third-order valence-electron chi connectivity index (χ3n) is 6.76. The zero-order chi connectivity index (χ0) is 27.0. The van der Waals surface area contributed by atoms with Gasteiger partial charge in [0.05, 0.1) is 16.3 Å². The van der Waals surface area contributed by atoms with Crippen LogP contribution in [0.15, 0.2) is 66.9 Å². The number of hydrogen-bond acceptors (Lipinski definition) is 4. The molecule has 0 saturated heterocycles. The normalized spacial score (nSPS) is 19.6. The molecule has 3 aromatic rings. The highest BCUT2D eigenvalue weighted by molar-refractivity contribution is 6.30. The highest BCUT2D eigenvalue weighted by Crippen LogP contribution is 2.48. The number of ether oxygens (including phenoxy) is 2. The van der Waals surface area contributed by atoms with Crippen LogP contribution in [0.5, 0.6) is 5.75 Å².